The molecule has 5 nitrogen and oxygen atoms in total. The lowest BCUT2D eigenvalue weighted by Crippen LogP contribution is -2.59. The number of carbonyl (C=O) groups excluding carboxylic acids is 2. The Bertz CT molecular complexity index is 685. The number of hydrogen-bond donors (Lipinski definition) is 1. The van der Waals surface area contributed by atoms with Gasteiger partial charge in [0.05, 0.1) is 6.54 Å². The monoisotopic (exact) mass is 330 g/mol. The number of β-amino-alcohol motifs (C(OH)–C–C–N with tert-alkyl or cyclic N) is 1. The highest BCUT2D eigenvalue weighted by atomic mass is 16.3. The van der Waals surface area contributed by atoms with Gasteiger partial charge in [0, 0.05) is 26.6 Å². The third-order valence-electron chi connectivity index (χ3n) is 5.30. The predicted octanol–water partition coefficient (Wildman–Crippen LogP) is 1.56. The van der Waals surface area contributed by atoms with Crippen LogP contribution in [0.5, 0.6) is 0 Å². The maximum absolute atomic E-state index is 13.0. The van der Waals surface area contributed by atoms with Crippen molar-refractivity contribution in [3.63, 3.8) is 0 Å². The molecule has 24 heavy (non-hydrogen) atoms. The van der Waals surface area contributed by atoms with Crippen molar-refractivity contribution in [2.75, 3.05) is 19.6 Å². The van der Waals surface area contributed by atoms with Gasteiger partial charge in [-0.15, -0.1) is 0 Å². The largest absolute Gasteiger partial charge is 0.378 e. The Morgan fingerprint density at radius 1 is 1.17 bits per heavy atom. The van der Waals surface area contributed by atoms with Crippen LogP contribution in [0.25, 0.3) is 0 Å². The van der Waals surface area contributed by atoms with Crippen molar-refractivity contribution in [2.24, 2.45) is 0 Å². The number of hydrogen-bond acceptors (Lipinski definition) is 3. The van der Waals surface area contributed by atoms with E-state index < -0.39 is 5.60 Å². The van der Waals surface area contributed by atoms with Crippen molar-refractivity contribution in [2.45, 2.75) is 52.2 Å². The Balaban J connectivity index is 1.79. The zero-order valence-corrected chi connectivity index (χ0v) is 14.8. The molecule has 3 rings (SSSR count). The summed E-state index contributed by atoms with van der Waals surface area (Å²) in [5.74, 6) is -0.325. The number of aryl methyl sites for hydroxylation is 2. The maximum Gasteiger partial charge on any atom is 0.256 e. The smallest absolute Gasteiger partial charge is 0.256 e. The van der Waals surface area contributed by atoms with Gasteiger partial charge in [0.1, 0.15) is 0 Å². The molecule has 1 aromatic rings. The fourth-order valence-corrected chi connectivity index (χ4v) is 4.06. The molecule has 1 aromatic carbocycles. The Morgan fingerprint density at radius 3 is 2.62 bits per heavy atom. The van der Waals surface area contributed by atoms with Gasteiger partial charge in [0.15, 0.2) is 5.60 Å². The molecule has 2 amide bonds. The van der Waals surface area contributed by atoms with Crippen molar-refractivity contribution in [3.8, 4) is 0 Å². The van der Waals surface area contributed by atoms with Gasteiger partial charge < -0.3 is 14.9 Å². The van der Waals surface area contributed by atoms with Gasteiger partial charge in [-0.3, -0.25) is 9.59 Å². The van der Waals surface area contributed by atoms with Crippen molar-refractivity contribution in [1.82, 2.24) is 9.80 Å². The van der Waals surface area contributed by atoms with Crippen LogP contribution in [0, 0.1) is 13.8 Å². The zero-order valence-electron chi connectivity index (χ0n) is 14.8. The van der Waals surface area contributed by atoms with E-state index in [-0.39, 0.29) is 18.4 Å². The fourth-order valence-electron chi connectivity index (χ4n) is 4.06. The minimum Gasteiger partial charge on any atom is -0.378 e. The van der Waals surface area contributed by atoms with E-state index in [1.807, 2.05) is 0 Å². The van der Waals surface area contributed by atoms with E-state index in [1.165, 1.54) is 29.2 Å². The predicted molar refractivity (Wildman–Crippen MR) is 91.5 cm³/mol. The van der Waals surface area contributed by atoms with Crippen LogP contribution in [0.2, 0.25) is 0 Å². The van der Waals surface area contributed by atoms with E-state index in [4.69, 9.17) is 0 Å². The summed E-state index contributed by atoms with van der Waals surface area (Å²) in [5.41, 5.74) is 3.52. The van der Waals surface area contributed by atoms with E-state index in [0.29, 0.717) is 32.5 Å². The number of aliphatic hydroxyl groups is 1. The van der Waals surface area contributed by atoms with Gasteiger partial charge in [-0.2, -0.15) is 0 Å². The summed E-state index contributed by atoms with van der Waals surface area (Å²) >= 11 is 0. The molecule has 0 aliphatic carbocycles. The molecule has 5 heteroatoms. The lowest BCUT2D eigenvalue weighted by Gasteiger charge is -2.41. The van der Waals surface area contributed by atoms with Gasteiger partial charge in [-0.05, 0) is 49.8 Å². The minimum atomic E-state index is -1.44. The number of carbonyl (C=O) groups is 2. The van der Waals surface area contributed by atoms with E-state index in [9.17, 15) is 14.7 Å². The maximum atomic E-state index is 13.0. The van der Waals surface area contributed by atoms with Crippen LogP contribution in [-0.2, 0) is 22.6 Å². The second-order valence-corrected chi connectivity index (χ2v) is 7.27. The third kappa shape index (κ3) is 3.05. The Kier molecular flexibility index (Phi) is 4.38. The standard InChI is InChI=1S/C19H26N2O3/c1-13-9-14(2)17-5-8-20(11-16(17)10-13)18(23)19(24)6-4-7-21(12-19)15(3)22/h9-10,24H,4-8,11-12H2,1-3H3/t19-/m1/s1. The molecule has 2 aliphatic rings. The second kappa shape index (κ2) is 6.20. The number of fused-ring (bicyclic) bond motifs is 1. The van der Waals surface area contributed by atoms with Crippen molar-refractivity contribution in [3.05, 3.63) is 34.4 Å². The van der Waals surface area contributed by atoms with Crippen LogP contribution >= 0.6 is 0 Å². The molecule has 2 aliphatic heterocycles. The number of piperidine rings is 1. The summed E-state index contributed by atoms with van der Waals surface area (Å²) in [6.45, 7) is 7.55. The van der Waals surface area contributed by atoms with Crippen molar-refractivity contribution >= 4 is 11.8 Å². The SMILES string of the molecule is CC(=O)N1CCC[C@](O)(C(=O)N2CCc3c(C)cc(C)cc3C2)C1. The van der Waals surface area contributed by atoms with Crippen LogP contribution in [0.1, 0.15) is 42.0 Å². The molecule has 1 N–H and O–H groups in total. The molecule has 0 spiro atoms. The summed E-state index contributed by atoms with van der Waals surface area (Å²) in [6.07, 6.45) is 1.90. The lowest BCUT2D eigenvalue weighted by atomic mass is 9.88. The van der Waals surface area contributed by atoms with Gasteiger partial charge in [0.25, 0.3) is 5.91 Å². The minimum absolute atomic E-state index is 0.0869. The van der Waals surface area contributed by atoms with Crippen LogP contribution in [0.4, 0.5) is 0 Å². The average Bonchev–Trinajstić information content (AvgIpc) is 2.53. The summed E-state index contributed by atoms with van der Waals surface area (Å²) in [7, 11) is 0. The zero-order chi connectivity index (χ0) is 17.5. The molecule has 1 fully saturated rings. The number of amides is 2. The molecule has 0 unspecified atom stereocenters. The number of rotatable bonds is 1. The van der Waals surface area contributed by atoms with Gasteiger partial charge in [0.2, 0.25) is 5.91 Å². The molecular formula is C19H26N2O3. The molecule has 0 aromatic heterocycles. The van der Waals surface area contributed by atoms with E-state index in [0.717, 1.165) is 6.42 Å². The van der Waals surface area contributed by atoms with Gasteiger partial charge >= 0.3 is 0 Å². The van der Waals surface area contributed by atoms with Crippen LogP contribution < -0.4 is 0 Å². The lowest BCUT2D eigenvalue weighted by molar-refractivity contribution is -0.160. The quantitative estimate of drug-likeness (QED) is 0.850. The molecule has 0 saturated carbocycles. The van der Waals surface area contributed by atoms with Crippen LogP contribution in [0.15, 0.2) is 12.1 Å². The normalized spacial score (nSPS) is 23.8. The highest BCUT2D eigenvalue weighted by Crippen LogP contribution is 2.29. The number of likely N-dealkylation sites (tertiary alicyclic amines) is 1. The van der Waals surface area contributed by atoms with Crippen LogP contribution in [0.3, 0.4) is 0 Å². The average molecular weight is 330 g/mol. The first kappa shape index (κ1) is 17.0. The first-order valence-electron chi connectivity index (χ1n) is 8.66. The molecule has 0 bridgehead atoms. The van der Waals surface area contributed by atoms with Crippen molar-refractivity contribution < 1.29 is 14.7 Å². The van der Waals surface area contributed by atoms with Gasteiger partial charge in [-0.25, -0.2) is 0 Å². The second-order valence-electron chi connectivity index (χ2n) is 7.27. The summed E-state index contributed by atoms with van der Waals surface area (Å²) < 4.78 is 0. The van der Waals surface area contributed by atoms with E-state index in [2.05, 4.69) is 26.0 Å². The number of benzene rings is 1. The number of nitrogens with zero attached hydrogens (tertiary/aromatic N) is 2. The summed E-state index contributed by atoms with van der Waals surface area (Å²) in [5, 5.41) is 10.9. The Morgan fingerprint density at radius 2 is 1.92 bits per heavy atom. The van der Waals surface area contributed by atoms with Gasteiger partial charge in [-0.1, -0.05) is 17.7 Å². The molecule has 2 heterocycles. The topological polar surface area (TPSA) is 60.9 Å². The Hall–Kier alpha value is -1.88. The van der Waals surface area contributed by atoms with Crippen LogP contribution in [-0.4, -0.2) is 52.0 Å². The summed E-state index contributed by atoms with van der Waals surface area (Å²) in [6, 6.07) is 4.31. The summed E-state index contributed by atoms with van der Waals surface area (Å²) in [4.78, 5) is 27.9. The fraction of sp³-hybridized carbons (Fsp3) is 0.579. The van der Waals surface area contributed by atoms with E-state index in [1.54, 1.807) is 9.80 Å². The van der Waals surface area contributed by atoms with E-state index >= 15 is 0 Å². The molecule has 130 valence electrons. The highest BCUT2D eigenvalue weighted by molar-refractivity contribution is 5.86. The Labute approximate surface area is 143 Å². The highest BCUT2D eigenvalue weighted by Gasteiger charge is 2.44. The first-order valence-corrected chi connectivity index (χ1v) is 8.66. The van der Waals surface area contributed by atoms with Crippen molar-refractivity contribution in [1.29, 1.82) is 0 Å². The molecular weight excluding hydrogens is 304 g/mol. The molecule has 1 saturated heterocycles. The molecule has 0 radical (unpaired) electrons. The third-order valence-corrected chi connectivity index (χ3v) is 5.30. The molecule has 1 atom stereocenters. The first-order chi connectivity index (χ1) is 11.3.